The van der Waals surface area contributed by atoms with Crippen molar-refractivity contribution in [2.75, 3.05) is 0 Å². The van der Waals surface area contributed by atoms with Crippen molar-refractivity contribution in [2.24, 2.45) is 0 Å². The monoisotopic (exact) mass is 249 g/mol. The van der Waals surface area contributed by atoms with Crippen molar-refractivity contribution < 1.29 is 4.42 Å². The van der Waals surface area contributed by atoms with Crippen molar-refractivity contribution in [2.45, 2.75) is 26.4 Å². The lowest BCUT2D eigenvalue weighted by molar-refractivity contribution is 0.568. The van der Waals surface area contributed by atoms with Crippen LogP contribution in [0.15, 0.2) is 41.2 Å². The van der Waals surface area contributed by atoms with E-state index in [1.165, 1.54) is 5.56 Å². The number of furan rings is 1. The lowest BCUT2D eigenvalue weighted by Crippen LogP contribution is -2.22. The first-order valence-corrected chi connectivity index (χ1v) is 6.09. The average molecular weight is 250 g/mol. The summed E-state index contributed by atoms with van der Waals surface area (Å²) < 4.78 is 5.13. The van der Waals surface area contributed by atoms with Crippen LogP contribution in [0.4, 0.5) is 0 Å². The van der Waals surface area contributed by atoms with Crippen LogP contribution in [0.3, 0.4) is 0 Å². The topological polar surface area (TPSA) is 25.2 Å². The molecule has 0 atom stereocenters. The van der Waals surface area contributed by atoms with E-state index in [1.807, 2.05) is 18.2 Å². The summed E-state index contributed by atoms with van der Waals surface area (Å²) in [5.74, 6) is 0. The van der Waals surface area contributed by atoms with Crippen LogP contribution in [0.5, 0.6) is 0 Å². The van der Waals surface area contributed by atoms with E-state index in [4.69, 9.17) is 16.0 Å². The largest absolute Gasteiger partial charge is 0.472 e. The summed E-state index contributed by atoms with van der Waals surface area (Å²) in [7, 11) is 0. The Bertz CT molecular complexity index is 477. The third-order valence-electron chi connectivity index (χ3n) is 2.60. The van der Waals surface area contributed by atoms with Gasteiger partial charge in [-0.15, -0.1) is 0 Å². The minimum atomic E-state index is 0.461. The van der Waals surface area contributed by atoms with Gasteiger partial charge in [-0.25, -0.2) is 0 Å². The molecular formula is C14H16ClNO. The molecule has 0 aliphatic heterocycles. The highest BCUT2D eigenvalue weighted by atomic mass is 35.5. The summed E-state index contributed by atoms with van der Waals surface area (Å²) >= 11 is 6.05. The van der Waals surface area contributed by atoms with Gasteiger partial charge in [-0.1, -0.05) is 31.5 Å². The van der Waals surface area contributed by atoms with E-state index < -0.39 is 0 Å². The minimum absolute atomic E-state index is 0.461. The standard InChI is InChI=1S/C14H16ClNO/c1-10(2)16-8-11-3-4-13(15)7-14(11)12-5-6-17-9-12/h3-7,9-10,16H,8H2,1-2H3. The Morgan fingerprint density at radius 2 is 2.12 bits per heavy atom. The van der Waals surface area contributed by atoms with Gasteiger partial charge in [0.05, 0.1) is 12.5 Å². The molecule has 0 aliphatic carbocycles. The van der Waals surface area contributed by atoms with Crippen molar-refractivity contribution in [3.8, 4) is 11.1 Å². The maximum absolute atomic E-state index is 6.05. The molecule has 0 saturated carbocycles. The maximum atomic E-state index is 6.05. The first kappa shape index (κ1) is 12.2. The van der Waals surface area contributed by atoms with E-state index in [9.17, 15) is 0 Å². The van der Waals surface area contributed by atoms with Gasteiger partial charge in [0.25, 0.3) is 0 Å². The first-order valence-electron chi connectivity index (χ1n) is 5.71. The maximum Gasteiger partial charge on any atom is 0.0981 e. The van der Waals surface area contributed by atoms with Crippen LogP contribution in [-0.4, -0.2) is 6.04 Å². The third kappa shape index (κ3) is 3.11. The molecule has 0 amide bonds. The van der Waals surface area contributed by atoms with E-state index in [0.717, 1.165) is 22.7 Å². The van der Waals surface area contributed by atoms with Gasteiger partial charge in [-0.2, -0.15) is 0 Å². The van der Waals surface area contributed by atoms with E-state index in [2.05, 4.69) is 25.2 Å². The van der Waals surface area contributed by atoms with Gasteiger partial charge in [-0.3, -0.25) is 0 Å². The molecule has 1 aromatic heterocycles. The Kier molecular flexibility index (Phi) is 3.87. The molecule has 2 aromatic rings. The molecule has 90 valence electrons. The van der Waals surface area contributed by atoms with Crippen molar-refractivity contribution >= 4 is 11.6 Å². The summed E-state index contributed by atoms with van der Waals surface area (Å²) in [6.45, 7) is 5.09. The second kappa shape index (κ2) is 5.39. The van der Waals surface area contributed by atoms with Gasteiger partial charge >= 0.3 is 0 Å². The van der Waals surface area contributed by atoms with E-state index in [1.54, 1.807) is 12.5 Å². The third-order valence-corrected chi connectivity index (χ3v) is 2.84. The molecule has 0 unspecified atom stereocenters. The Morgan fingerprint density at radius 3 is 2.76 bits per heavy atom. The lowest BCUT2D eigenvalue weighted by atomic mass is 10.0. The van der Waals surface area contributed by atoms with E-state index >= 15 is 0 Å². The van der Waals surface area contributed by atoms with Crippen LogP contribution < -0.4 is 5.32 Å². The number of nitrogens with one attached hydrogen (secondary N) is 1. The SMILES string of the molecule is CC(C)NCc1ccc(Cl)cc1-c1ccoc1. The number of rotatable bonds is 4. The predicted octanol–water partition coefficient (Wildman–Crippen LogP) is 4.10. The highest BCUT2D eigenvalue weighted by molar-refractivity contribution is 6.30. The molecule has 0 saturated heterocycles. The second-order valence-corrected chi connectivity index (χ2v) is 4.79. The van der Waals surface area contributed by atoms with Crippen LogP contribution in [0.25, 0.3) is 11.1 Å². The minimum Gasteiger partial charge on any atom is -0.472 e. The first-order chi connectivity index (χ1) is 8.16. The molecule has 0 spiro atoms. The fourth-order valence-electron chi connectivity index (χ4n) is 1.70. The summed E-state index contributed by atoms with van der Waals surface area (Å²) in [5.41, 5.74) is 3.41. The molecular weight excluding hydrogens is 234 g/mol. The van der Waals surface area contributed by atoms with Crippen LogP contribution in [0, 0.1) is 0 Å². The van der Waals surface area contributed by atoms with Gasteiger partial charge in [0.15, 0.2) is 0 Å². The lowest BCUT2D eigenvalue weighted by Gasteiger charge is -2.12. The molecule has 0 aliphatic rings. The van der Waals surface area contributed by atoms with Crippen LogP contribution in [0.2, 0.25) is 5.02 Å². The Hall–Kier alpha value is -1.25. The number of halogens is 1. The number of hydrogen-bond acceptors (Lipinski definition) is 2. The number of hydrogen-bond donors (Lipinski definition) is 1. The predicted molar refractivity (Wildman–Crippen MR) is 71.1 cm³/mol. The Balaban J connectivity index is 2.31. The zero-order chi connectivity index (χ0) is 12.3. The van der Waals surface area contributed by atoms with Crippen LogP contribution >= 0.6 is 11.6 Å². The van der Waals surface area contributed by atoms with Gasteiger partial charge in [-0.05, 0) is 29.3 Å². The highest BCUT2D eigenvalue weighted by Crippen LogP contribution is 2.27. The molecule has 1 N–H and O–H groups in total. The van der Waals surface area contributed by atoms with Crippen LogP contribution in [-0.2, 0) is 6.54 Å². The quantitative estimate of drug-likeness (QED) is 0.883. The molecule has 3 heteroatoms. The van der Waals surface area contributed by atoms with E-state index in [0.29, 0.717) is 6.04 Å². The Labute approximate surface area is 107 Å². The summed E-state index contributed by atoms with van der Waals surface area (Å²) in [5, 5.41) is 4.15. The average Bonchev–Trinajstić information content (AvgIpc) is 2.80. The van der Waals surface area contributed by atoms with E-state index in [-0.39, 0.29) is 0 Å². The van der Waals surface area contributed by atoms with Gasteiger partial charge in [0.2, 0.25) is 0 Å². The Morgan fingerprint density at radius 1 is 1.29 bits per heavy atom. The second-order valence-electron chi connectivity index (χ2n) is 4.35. The fraction of sp³-hybridized carbons (Fsp3) is 0.286. The summed E-state index contributed by atoms with van der Waals surface area (Å²) in [6, 6.07) is 8.36. The summed E-state index contributed by atoms with van der Waals surface area (Å²) in [4.78, 5) is 0. The highest BCUT2D eigenvalue weighted by Gasteiger charge is 2.07. The zero-order valence-electron chi connectivity index (χ0n) is 10.0. The van der Waals surface area contributed by atoms with Crippen molar-refractivity contribution in [1.82, 2.24) is 5.32 Å². The molecule has 17 heavy (non-hydrogen) atoms. The molecule has 0 bridgehead atoms. The molecule has 2 rings (SSSR count). The smallest absolute Gasteiger partial charge is 0.0981 e. The van der Waals surface area contributed by atoms with Crippen molar-refractivity contribution in [3.63, 3.8) is 0 Å². The summed E-state index contributed by atoms with van der Waals surface area (Å²) in [6.07, 6.45) is 3.42. The zero-order valence-corrected chi connectivity index (χ0v) is 10.8. The van der Waals surface area contributed by atoms with Crippen LogP contribution in [0.1, 0.15) is 19.4 Å². The van der Waals surface area contributed by atoms with Crippen molar-refractivity contribution in [3.05, 3.63) is 47.4 Å². The number of benzene rings is 1. The van der Waals surface area contributed by atoms with Gasteiger partial charge < -0.3 is 9.73 Å². The van der Waals surface area contributed by atoms with Crippen molar-refractivity contribution in [1.29, 1.82) is 0 Å². The molecule has 2 nitrogen and oxygen atoms in total. The molecule has 0 radical (unpaired) electrons. The molecule has 1 heterocycles. The molecule has 0 fully saturated rings. The van der Waals surface area contributed by atoms with Gasteiger partial charge in [0, 0.05) is 23.2 Å². The fourth-order valence-corrected chi connectivity index (χ4v) is 1.88. The van der Waals surface area contributed by atoms with Gasteiger partial charge in [0.1, 0.15) is 0 Å². The normalized spacial score (nSPS) is 11.1. The molecule has 1 aromatic carbocycles.